The lowest BCUT2D eigenvalue weighted by molar-refractivity contribution is -0.146. The van der Waals surface area contributed by atoms with Crippen molar-refractivity contribution in [3.63, 3.8) is 0 Å². The highest BCUT2D eigenvalue weighted by Gasteiger charge is 2.15. The second-order valence-corrected chi connectivity index (χ2v) is 5.86. The zero-order valence-corrected chi connectivity index (χ0v) is 15.5. The predicted molar refractivity (Wildman–Crippen MR) is 91.8 cm³/mol. The van der Waals surface area contributed by atoms with Crippen LogP contribution in [0.4, 0.5) is 5.82 Å². The third-order valence-electron chi connectivity index (χ3n) is 3.15. The highest BCUT2D eigenvalue weighted by Crippen LogP contribution is 2.33. The molecule has 8 nitrogen and oxygen atoms in total. The Kier molecular flexibility index (Phi) is 6.40. The van der Waals surface area contributed by atoms with Crippen molar-refractivity contribution in [2.75, 3.05) is 26.1 Å². The minimum Gasteiger partial charge on any atom is -0.493 e. The van der Waals surface area contributed by atoms with E-state index in [0.29, 0.717) is 27.3 Å². The minimum absolute atomic E-state index is 0.0305. The van der Waals surface area contributed by atoms with Gasteiger partial charge in [-0.05, 0) is 24.6 Å². The third kappa shape index (κ3) is 5.21. The first-order chi connectivity index (χ1) is 11.9. The van der Waals surface area contributed by atoms with E-state index in [9.17, 15) is 9.59 Å². The predicted octanol–water partition coefficient (Wildman–Crippen LogP) is 2.49. The van der Waals surface area contributed by atoms with E-state index < -0.39 is 18.5 Å². The Morgan fingerprint density at radius 1 is 1.20 bits per heavy atom. The topological polar surface area (TPSA) is 99.9 Å². The molecule has 2 aromatic rings. The van der Waals surface area contributed by atoms with Gasteiger partial charge in [0, 0.05) is 10.5 Å². The fourth-order valence-electron chi connectivity index (χ4n) is 1.99. The molecular formula is C16H17BrN2O6. The number of aromatic nitrogens is 1. The Balaban J connectivity index is 1.90. The van der Waals surface area contributed by atoms with Gasteiger partial charge in [0.15, 0.2) is 23.9 Å². The molecule has 1 aromatic heterocycles. The fraction of sp³-hybridized carbons (Fsp3) is 0.312. The second-order valence-electron chi connectivity index (χ2n) is 5.01. The Morgan fingerprint density at radius 2 is 1.88 bits per heavy atom. The lowest BCUT2D eigenvalue weighted by Gasteiger charge is -2.11. The molecule has 1 amide bonds. The second kappa shape index (κ2) is 8.52. The molecule has 0 aliphatic carbocycles. The van der Waals surface area contributed by atoms with Crippen molar-refractivity contribution in [2.24, 2.45) is 0 Å². The van der Waals surface area contributed by atoms with Crippen LogP contribution in [-0.4, -0.2) is 37.9 Å². The molecule has 0 bridgehead atoms. The van der Waals surface area contributed by atoms with E-state index >= 15 is 0 Å². The Morgan fingerprint density at radius 3 is 2.48 bits per heavy atom. The van der Waals surface area contributed by atoms with Crippen LogP contribution < -0.4 is 14.8 Å². The molecule has 9 heteroatoms. The minimum atomic E-state index is -0.556. The van der Waals surface area contributed by atoms with Gasteiger partial charge in [0.25, 0.3) is 5.91 Å². The lowest BCUT2D eigenvalue weighted by Crippen LogP contribution is -2.21. The summed E-state index contributed by atoms with van der Waals surface area (Å²) >= 11 is 3.37. The zero-order valence-electron chi connectivity index (χ0n) is 13.9. The summed E-state index contributed by atoms with van der Waals surface area (Å²) in [4.78, 5) is 23.7. The van der Waals surface area contributed by atoms with Crippen LogP contribution >= 0.6 is 15.9 Å². The number of hydrogen-bond donors (Lipinski definition) is 1. The summed E-state index contributed by atoms with van der Waals surface area (Å²) in [7, 11) is 3.02. The molecule has 1 heterocycles. The maximum Gasteiger partial charge on any atom is 0.310 e. The molecule has 1 N–H and O–H groups in total. The normalized spacial score (nSPS) is 10.2. The number of benzene rings is 1. The number of amides is 1. The highest BCUT2D eigenvalue weighted by molar-refractivity contribution is 9.10. The quantitative estimate of drug-likeness (QED) is 0.697. The summed E-state index contributed by atoms with van der Waals surface area (Å²) in [5.41, 5.74) is 0.648. The monoisotopic (exact) mass is 412 g/mol. The molecule has 0 atom stereocenters. The number of aryl methyl sites for hydroxylation is 1. The van der Waals surface area contributed by atoms with Crippen molar-refractivity contribution in [2.45, 2.75) is 13.3 Å². The lowest BCUT2D eigenvalue weighted by atomic mass is 10.1. The molecule has 0 saturated heterocycles. The number of carbonyl (C=O) groups is 2. The number of nitrogens with one attached hydrogen (secondary N) is 1. The van der Waals surface area contributed by atoms with Gasteiger partial charge in [-0.15, -0.1) is 0 Å². The molecule has 0 aliphatic rings. The van der Waals surface area contributed by atoms with Crippen LogP contribution in [0.3, 0.4) is 0 Å². The van der Waals surface area contributed by atoms with Crippen LogP contribution in [0.25, 0.3) is 0 Å². The van der Waals surface area contributed by atoms with E-state index in [1.165, 1.54) is 14.2 Å². The molecule has 134 valence electrons. The van der Waals surface area contributed by atoms with Gasteiger partial charge in [-0.2, -0.15) is 0 Å². The molecular weight excluding hydrogens is 396 g/mol. The number of methoxy groups -OCH3 is 2. The largest absolute Gasteiger partial charge is 0.493 e. The smallest absolute Gasteiger partial charge is 0.310 e. The Labute approximate surface area is 152 Å². The summed E-state index contributed by atoms with van der Waals surface area (Å²) in [6.45, 7) is 1.28. The standard InChI is InChI=1S/C16H17BrN2O6/c1-9-4-14(19-25-9)18-15(20)8-24-16(21)6-10-5-12(22-2)13(23-3)7-11(10)17/h4-5,7H,6,8H2,1-3H3,(H,18,19,20). The third-order valence-corrected chi connectivity index (χ3v) is 3.89. The van der Waals surface area contributed by atoms with Crippen molar-refractivity contribution >= 4 is 33.6 Å². The first-order valence-electron chi connectivity index (χ1n) is 7.22. The summed E-state index contributed by atoms with van der Waals surface area (Å²) in [6, 6.07) is 4.92. The molecule has 0 aliphatic heterocycles. The molecule has 0 unspecified atom stereocenters. The number of anilines is 1. The van der Waals surface area contributed by atoms with Crippen LogP contribution in [0, 0.1) is 6.92 Å². The van der Waals surface area contributed by atoms with E-state index in [1.54, 1.807) is 25.1 Å². The molecule has 25 heavy (non-hydrogen) atoms. The van der Waals surface area contributed by atoms with Crippen LogP contribution in [0.1, 0.15) is 11.3 Å². The van der Waals surface area contributed by atoms with Crippen LogP contribution in [-0.2, 0) is 20.7 Å². The van der Waals surface area contributed by atoms with E-state index in [2.05, 4.69) is 26.4 Å². The summed E-state index contributed by atoms with van der Waals surface area (Å²) < 4.78 is 20.8. The maximum atomic E-state index is 12.0. The van der Waals surface area contributed by atoms with Gasteiger partial charge in [0.2, 0.25) is 0 Å². The van der Waals surface area contributed by atoms with Crippen molar-refractivity contribution in [3.8, 4) is 11.5 Å². The molecule has 0 spiro atoms. The number of nitrogens with zero attached hydrogens (tertiary/aromatic N) is 1. The number of ether oxygens (including phenoxy) is 3. The van der Waals surface area contributed by atoms with E-state index in [4.69, 9.17) is 18.7 Å². The zero-order chi connectivity index (χ0) is 18.4. The number of esters is 1. The van der Waals surface area contributed by atoms with Crippen molar-refractivity contribution in [1.82, 2.24) is 5.16 Å². The van der Waals surface area contributed by atoms with Gasteiger partial charge in [-0.1, -0.05) is 21.1 Å². The average Bonchev–Trinajstić information content (AvgIpc) is 2.99. The average molecular weight is 413 g/mol. The molecule has 0 saturated carbocycles. The highest BCUT2D eigenvalue weighted by atomic mass is 79.9. The number of hydrogen-bond acceptors (Lipinski definition) is 7. The first-order valence-corrected chi connectivity index (χ1v) is 8.01. The van der Waals surface area contributed by atoms with Crippen LogP contribution in [0.15, 0.2) is 27.2 Å². The van der Waals surface area contributed by atoms with Gasteiger partial charge < -0.3 is 24.1 Å². The van der Waals surface area contributed by atoms with Crippen molar-refractivity contribution < 1.29 is 28.3 Å². The van der Waals surface area contributed by atoms with Gasteiger partial charge in [-0.3, -0.25) is 9.59 Å². The fourth-order valence-corrected chi connectivity index (χ4v) is 2.45. The molecule has 1 aromatic carbocycles. The number of halogens is 1. The number of rotatable bonds is 7. The Hall–Kier alpha value is -2.55. The van der Waals surface area contributed by atoms with Crippen molar-refractivity contribution in [3.05, 3.63) is 34.0 Å². The molecule has 0 fully saturated rings. The van der Waals surface area contributed by atoms with Gasteiger partial charge in [-0.25, -0.2) is 0 Å². The van der Waals surface area contributed by atoms with Gasteiger partial charge >= 0.3 is 5.97 Å². The van der Waals surface area contributed by atoms with Gasteiger partial charge in [0.1, 0.15) is 5.76 Å². The van der Waals surface area contributed by atoms with Crippen LogP contribution in [0.5, 0.6) is 11.5 Å². The van der Waals surface area contributed by atoms with E-state index in [-0.39, 0.29) is 12.2 Å². The molecule has 2 rings (SSSR count). The van der Waals surface area contributed by atoms with Crippen molar-refractivity contribution in [1.29, 1.82) is 0 Å². The maximum absolute atomic E-state index is 12.0. The Bertz CT molecular complexity index is 774. The summed E-state index contributed by atoms with van der Waals surface area (Å²) in [5.74, 6) is 0.792. The van der Waals surface area contributed by atoms with Gasteiger partial charge in [0.05, 0.1) is 20.6 Å². The van der Waals surface area contributed by atoms with E-state index in [0.717, 1.165) is 0 Å². The molecule has 0 radical (unpaired) electrons. The number of carbonyl (C=O) groups excluding carboxylic acids is 2. The van der Waals surface area contributed by atoms with E-state index in [1.807, 2.05) is 0 Å². The van der Waals surface area contributed by atoms with Crippen LogP contribution in [0.2, 0.25) is 0 Å². The summed E-state index contributed by atoms with van der Waals surface area (Å²) in [5, 5.41) is 6.08. The SMILES string of the molecule is COc1cc(Br)c(CC(=O)OCC(=O)Nc2cc(C)on2)cc1OC. The first kappa shape index (κ1) is 18.8. The summed E-state index contributed by atoms with van der Waals surface area (Å²) in [6.07, 6.45) is -0.0305.